The van der Waals surface area contributed by atoms with Crippen LogP contribution in [0.15, 0.2) is 41.8 Å². The van der Waals surface area contributed by atoms with Crippen molar-refractivity contribution in [3.63, 3.8) is 0 Å². The first kappa shape index (κ1) is 19.3. The van der Waals surface area contributed by atoms with E-state index in [-0.39, 0.29) is 11.7 Å². The van der Waals surface area contributed by atoms with Gasteiger partial charge in [0, 0.05) is 24.4 Å². The molecule has 0 unspecified atom stereocenters. The Balaban J connectivity index is 1.47. The molecule has 0 atom stereocenters. The molecule has 1 N–H and O–H groups in total. The number of anilines is 1. The van der Waals surface area contributed by atoms with Gasteiger partial charge in [-0.3, -0.25) is 10.1 Å². The van der Waals surface area contributed by atoms with Gasteiger partial charge in [-0.2, -0.15) is 4.31 Å². The van der Waals surface area contributed by atoms with Crippen molar-refractivity contribution in [3.05, 3.63) is 68.4 Å². The van der Waals surface area contributed by atoms with Gasteiger partial charge >= 0.3 is 0 Å². The Bertz CT molecular complexity index is 1100. The predicted octanol–water partition coefficient (Wildman–Crippen LogP) is 3.65. The number of nitrogens with one attached hydrogen (secondary N) is 1. The normalized spacial score (nSPS) is 14.6. The van der Waals surface area contributed by atoms with Gasteiger partial charge in [-0.05, 0) is 23.9 Å². The Labute approximate surface area is 171 Å². The first-order chi connectivity index (χ1) is 13.4. The molecule has 28 heavy (non-hydrogen) atoms. The Morgan fingerprint density at radius 2 is 2.14 bits per heavy atom. The van der Waals surface area contributed by atoms with E-state index in [1.54, 1.807) is 6.07 Å². The van der Waals surface area contributed by atoms with Crippen LogP contribution in [0, 0.1) is 6.92 Å². The molecular weight excluding hydrogens is 414 g/mol. The van der Waals surface area contributed by atoms with Crippen LogP contribution in [0.4, 0.5) is 5.13 Å². The fourth-order valence-electron chi connectivity index (χ4n) is 3.13. The van der Waals surface area contributed by atoms with Crippen molar-refractivity contribution in [2.24, 2.45) is 0 Å². The summed E-state index contributed by atoms with van der Waals surface area (Å²) in [6, 6.07) is 11.1. The number of hydrogen-bond donors (Lipinski definition) is 1. The Hall–Kier alpha value is -2.07. The lowest BCUT2D eigenvalue weighted by Gasteiger charge is -2.25. The molecule has 3 aromatic rings. The SMILES string of the molecule is Cc1cccc(CS(=O)(=O)N2CCc3nc(NC(=O)c4cccs4)sc3C2)c1. The van der Waals surface area contributed by atoms with Crippen molar-refractivity contribution in [2.75, 3.05) is 11.9 Å². The van der Waals surface area contributed by atoms with Gasteiger partial charge in [0.25, 0.3) is 5.91 Å². The number of fused-ring (bicyclic) bond motifs is 1. The minimum Gasteiger partial charge on any atom is -0.297 e. The molecule has 0 bridgehead atoms. The molecule has 0 saturated heterocycles. The van der Waals surface area contributed by atoms with E-state index >= 15 is 0 Å². The molecule has 3 heterocycles. The number of aromatic nitrogens is 1. The average molecular weight is 434 g/mol. The largest absolute Gasteiger partial charge is 0.297 e. The highest BCUT2D eigenvalue weighted by Crippen LogP contribution is 2.30. The van der Waals surface area contributed by atoms with Crippen LogP contribution in [-0.4, -0.2) is 30.2 Å². The number of benzene rings is 1. The smallest absolute Gasteiger partial charge is 0.267 e. The van der Waals surface area contributed by atoms with Gasteiger partial charge in [-0.15, -0.1) is 22.7 Å². The zero-order valence-corrected chi connectivity index (χ0v) is 17.7. The van der Waals surface area contributed by atoms with Gasteiger partial charge in [0.1, 0.15) is 0 Å². The lowest BCUT2D eigenvalue weighted by Crippen LogP contribution is -2.36. The van der Waals surface area contributed by atoms with Crippen molar-refractivity contribution in [1.82, 2.24) is 9.29 Å². The molecular formula is C19H19N3O3S3. The predicted molar refractivity (Wildman–Crippen MR) is 112 cm³/mol. The average Bonchev–Trinajstić information content (AvgIpc) is 3.30. The molecule has 0 fully saturated rings. The maximum atomic E-state index is 12.9. The van der Waals surface area contributed by atoms with Crippen molar-refractivity contribution < 1.29 is 13.2 Å². The van der Waals surface area contributed by atoms with Gasteiger partial charge in [0.05, 0.1) is 16.3 Å². The Morgan fingerprint density at radius 1 is 1.29 bits per heavy atom. The van der Waals surface area contributed by atoms with Gasteiger partial charge in [0.15, 0.2) is 5.13 Å². The monoisotopic (exact) mass is 433 g/mol. The van der Waals surface area contributed by atoms with E-state index in [1.807, 2.05) is 42.6 Å². The van der Waals surface area contributed by atoms with E-state index in [9.17, 15) is 13.2 Å². The van der Waals surface area contributed by atoms with Crippen LogP contribution in [0.2, 0.25) is 0 Å². The molecule has 2 aromatic heterocycles. The van der Waals surface area contributed by atoms with E-state index in [1.165, 1.54) is 27.0 Å². The van der Waals surface area contributed by atoms with Crippen LogP contribution in [0.5, 0.6) is 0 Å². The molecule has 1 aliphatic heterocycles. The number of carbonyl (C=O) groups is 1. The van der Waals surface area contributed by atoms with E-state index in [2.05, 4.69) is 10.3 Å². The number of thiophene rings is 1. The molecule has 9 heteroatoms. The third kappa shape index (κ3) is 4.17. The maximum Gasteiger partial charge on any atom is 0.267 e. The number of amides is 1. The topological polar surface area (TPSA) is 79.4 Å². The van der Waals surface area contributed by atoms with Gasteiger partial charge in [-0.1, -0.05) is 35.9 Å². The van der Waals surface area contributed by atoms with Crippen LogP contribution in [0.25, 0.3) is 0 Å². The lowest BCUT2D eigenvalue weighted by molar-refractivity contribution is 0.103. The zero-order chi connectivity index (χ0) is 19.7. The fourth-order valence-corrected chi connectivity index (χ4v) is 6.33. The summed E-state index contributed by atoms with van der Waals surface area (Å²) in [6.45, 7) is 2.66. The summed E-state index contributed by atoms with van der Waals surface area (Å²) in [5.41, 5.74) is 2.70. The van der Waals surface area contributed by atoms with Crippen LogP contribution >= 0.6 is 22.7 Å². The van der Waals surface area contributed by atoms with Crippen molar-refractivity contribution >= 4 is 43.7 Å². The maximum absolute atomic E-state index is 12.9. The molecule has 1 aromatic carbocycles. The van der Waals surface area contributed by atoms with Crippen molar-refractivity contribution in [2.45, 2.75) is 25.6 Å². The summed E-state index contributed by atoms with van der Waals surface area (Å²) in [6.07, 6.45) is 0.549. The summed E-state index contributed by atoms with van der Waals surface area (Å²) >= 11 is 2.71. The number of aryl methyl sites for hydroxylation is 1. The molecule has 0 spiro atoms. The molecule has 0 aliphatic carbocycles. The van der Waals surface area contributed by atoms with Gasteiger partial charge < -0.3 is 0 Å². The van der Waals surface area contributed by atoms with Crippen molar-refractivity contribution in [1.29, 1.82) is 0 Å². The minimum absolute atomic E-state index is 0.00914. The molecule has 1 amide bonds. The second kappa shape index (κ2) is 7.75. The number of thiazole rings is 1. The van der Waals surface area contributed by atoms with Gasteiger partial charge in [-0.25, -0.2) is 13.4 Å². The second-order valence-corrected chi connectivity index (χ2v) is 10.6. The lowest BCUT2D eigenvalue weighted by atomic mass is 10.2. The summed E-state index contributed by atoms with van der Waals surface area (Å²) < 4.78 is 27.2. The number of hydrogen-bond acceptors (Lipinski definition) is 6. The highest BCUT2D eigenvalue weighted by atomic mass is 32.2. The third-order valence-electron chi connectivity index (χ3n) is 4.49. The van der Waals surface area contributed by atoms with Crippen LogP contribution in [0.1, 0.15) is 31.4 Å². The standard InChI is InChI=1S/C19H19N3O3S3/c1-13-4-2-5-14(10-13)12-28(24,25)22-8-7-15-17(11-22)27-19(20-15)21-18(23)16-6-3-9-26-16/h2-6,9-10H,7-8,11-12H2,1H3,(H,20,21,23). The van der Waals surface area contributed by atoms with Crippen LogP contribution < -0.4 is 5.32 Å². The van der Waals surface area contributed by atoms with E-state index in [0.717, 1.165) is 21.7 Å². The third-order valence-corrected chi connectivity index (χ3v) is 8.15. The zero-order valence-electron chi connectivity index (χ0n) is 15.2. The summed E-state index contributed by atoms with van der Waals surface area (Å²) in [7, 11) is -3.42. The summed E-state index contributed by atoms with van der Waals surface area (Å²) in [5.74, 6) is -0.199. The van der Waals surface area contributed by atoms with Crippen molar-refractivity contribution in [3.8, 4) is 0 Å². The van der Waals surface area contributed by atoms with E-state index in [4.69, 9.17) is 0 Å². The molecule has 6 nitrogen and oxygen atoms in total. The molecule has 146 valence electrons. The quantitative estimate of drug-likeness (QED) is 0.666. The number of nitrogens with zero attached hydrogens (tertiary/aromatic N) is 2. The first-order valence-corrected chi connectivity index (χ1v) is 12.1. The van der Waals surface area contributed by atoms with Crippen LogP contribution in [-0.2, 0) is 28.7 Å². The first-order valence-electron chi connectivity index (χ1n) is 8.77. The molecule has 4 rings (SSSR count). The fraction of sp³-hybridized carbons (Fsp3) is 0.263. The summed E-state index contributed by atoms with van der Waals surface area (Å²) in [5, 5.41) is 5.17. The highest BCUT2D eigenvalue weighted by molar-refractivity contribution is 7.88. The number of carbonyl (C=O) groups excluding carboxylic acids is 1. The van der Waals surface area contributed by atoms with E-state index < -0.39 is 10.0 Å². The second-order valence-electron chi connectivity index (χ2n) is 6.65. The summed E-state index contributed by atoms with van der Waals surface area (Å²) in [4.78, 5) is 18.2. The minimum atomic E-state index is -3.42. The van der Waals surface area contributed by atoms with Gasteiger partial charge in [0.2, 0.25) is 10.0 Å². The molecule has 0 radical (unpaired) electrons. The Kier molecular flexibility index (Phi) is 5.33. The number of rotatable bonds is 5. The van der Waals surface area contributed by atoms with E-state index in [0.29, 0.717) is 29.5 Å². The highest BCUT2D eigenvalue weighted by Gasteiger charge is 2.29. The molecule has 0 saturated carbocycles. The van der Waals surface area contributed by atoms with Crippen LogP contribution in [0.3, 0.4) is 0 Å². The molecule has 1 aliphatic rings. The Morgan fingerprint density at radius 3 is 2.89 bits per heavy atom. The number of sulfonamides is 1.